The summed E-state index contributed by atoms with van der Waals surface area (Å²) in [5.41, 5.74) is 1.56. The van der Waals surface area contributed by atoms with E-state index in [1.54, 1.807) is 31.6 Å². The van der Waals surface area contributed by atoms with Crippen molar-refractivity contribution < 1.29 is 9.53 Å². The summed E-state index contributed by atoms with van der Waals surface area (Å²) >= 11 is 6.03. The highest BCUT2D eigenvalue weighted by atomic mass is 35.5. The van der Waals surface area contributed by atoms with Gasteiger partial charge in [-0.25, -0.2) is 9.97 Å². The molecule has 3 aliphatic heterocycles. The Labute approximate surface area is 163 Å². The molecule has 142 valence electrons. The number of fused-ring (bicyclic) bond motifs is 2. The maximum absolute atomic E-state index is 12.5. The van der Waals surface area contributed by atoms with Crippen LogP contribution >= 0.6 is 11.6 Å². The molecule has 1 aromatic carbocycles. The van der Waals surface area contributed by atoms with Crippen LogP contribution in [0.15, 0.2) is 30.6 Å². The number of nitrogens with zero attached hydrogens (tertiary/aromatic N) is 4. The molecule has 2 aromatic rings. The molecule has 4 heterocycles. The van der Waals surface area contributed by atoms with Crippen molar-refractivity contribution >= 4 is 29.0 Å². The number of aryl methyl sites for hydroxylation is 1. The van der Waals surface area contributed by atoms with Gasteiger partial charge in [-0.15, -0.1) is 0 Å². The molecule has 3 saturated heterocycles. The lowest BCUT2D eigenvalue weighted by Crippen LogP contribution is -2.69. The Morgan fingerprint density at radius 3 is 2.78 bits per heavy atom. The highest BCUT2D eigenvalue weighted by Gasteiger charge is 2.45. The van der Waals surface area contributed by atoms with Gasteiger partial charge in [0.05, 0.1) is 19.3 Å². The van der Waals surface area contributed by atoms with Gasteiger partial charge in [-0.3, -0.25) is 9.69 Å². The molecule has 0 aliphatic carbocycles. The van der Waals surface area contributed by atoms with Crippen LogP contribution in [0.1, 0.15) is 12.1 Å². The van der Waals surface area contributed by atoms with Crippen molar-refractivity contribution in [1.82, 2.24) is 14.9 Å². The molecule has 3 aliphatic rings. The van der Waals surface area contributed by atoms with E-state index in [0.717, 1.165) is 31.0 Å². The molecule has 8 heteroatoms. The topological polar surface area (TPSA) is 70.6 Å². The average molecular weight is 388 g/mol. The van der Waals surface area contributed by atoms with Crippen LogP contribution in [-0.2, 0) is 4.79 Å². The first-order valence-electron chi connectivity index (χ1n) is 8.96. The number of piperidine rings is 1. The highest BCUT2D eigenvalue weighted by molar-refractivity contribution is 6.31. The fourth-order valence-corrected chi connectivity index (χ4v) is 4.05. The van der Waals surface area contributed by atoms with E-state index in [1.807, 2.05) is 13.0 Å². The van der Waals surface area contributed by atoms with Crippen molar-refractivity contribution in [3.8, 4) is 5.75 Å². The Balaban J connectivity index is 1.37. The van der Waals surface area contributed by atoms with Crippen molar-refractivity contribution in [2.45, 2.75) is 25.4 Å². The highest BCUT2D eigenvalue weighted by Crippen LogP contribution is 2.34. The van der Waals surface area contributed by atoms with Crippen LogP contribution < -0.4 is 15.0 Å². The molecule has 0 spiro atoms. The van der Waals surface area contributed by atoms with E-state index in [4.69, 9.17) is 16.3 Å². The number of hydrogen-bond donors (Lipinski definition) is 1. The van der Waals surface area contributed by atoms with Crippen LogP contribution in [-0.4, -0.2) is 59.6 Å². The molecular weight excluding hydrogens is 366 g/mol. The summed E-state index contributed by atoms with van der Waals surface area (Å²) in [7, 11) is 1.57. The van der Waals surface area contributed by atoms with E-state index in [9.17, 15) is 4.79 Å². The number of benzene rings is 1. The van der Waals surface area contributed by atoms with Gasteiger partial charge in [-0.2, -0.15) is 0 Å². The van der Waals surface area contributed by atoms with Crippen LogP contribution in [0.25, 0.3) is 0 Å². The van der Waals surface area contributed by atoms with E-state index in [-0.39, 0.29) is 5.91 Å². The van der Waals surface area contributed by atoms with Crippen molar-refractivity contribution in [3.05, 3.63) is 41.3 Å². The minimum Gasteiger partial charge on any atom is -0.495 e. The predicted molar refractivity (Wildman–Crippen MR) is 105 cm³/mol. The zero-order valence-electron chi connectivity index (χ0n) is 15.4. The summed E-state index contributed by atoms with van der Waals surface area (Å²) in [5.74, 6) is 1.50. The van der Waals surface area contributed by atoms with Crippen molar-refractivity contribution in [3.63, 3.8) is 0 Å². The largest absolute Gasteiger partial charge is 0.495 e. The van der Waals surface area contributed by atoms with Gasteiger partial charge in [-0.1, -0.05) is 11.6 Å². The minimum atomic E-state index is -0.0587. The summed E-state index contributed by atoms with van der Waals surface area (Å²) in [6.07, 6.45) is 2.73. The monoisotopic (exact) mass is 387 g/mol. The number of anilines is 2. The van der Waals surface area contributed by atoms with Gasteiger partial charge in [0.2, 0.25) is 5.91 Å². The Hall–Kier alpha value is -2.38. The first kappa shape index (κ1) is 18.0. The number of nitrogens with one attached hydrogen (secondary N) is 1. The fraction of sp³-hybridized carbons (Fsp3) is 0.421. The normalized spacial score (nSPS) is 21.5. The molecule has 2 atom stereocenters. The predicted octanol–water partition coefficient (Wildman–Crippen LogP) is 2.35. The maximum atomic E-state index is 12.5. The molecule has 2 unspecified atom stereocenters. The van der Waals surface area contributed by atoms with Crippen LogP contribution in [0, 0.1) is 6.92 Å². The number of amides is 1. The summed E-state index contributed by atoms with van der Waals surface area (Å²) < 4.78 is 5.29. The smallest absolute Gasteiger partial charge is 0.238 e. The number of rotatable bonds is 5. The molecule has 1 aromatic heterocycles. The number of halogens is 1. The Morgan fingerprint density at radius 1 is 1.30 bits per heavy atom. The molecule has 7 nitrogen and oxygen atoms in total. The van der Waals surface area contributed by atoms with Gasteiger partial charge in [0, 0.05) is 42.0 Å². The van der Waals surface area contributed by atoms with Gasteiger partial charge in [0.15, 0.2) is 0 Å². The standard InChI is InChI=1S/C19H22ClN5O2/c1-12-5-18(22-11-21-12)24-8-14-7-15(9-24)25(14)10-19(26)23-16-6-13(20)3-4-17(16)27-2/h3-6,11,14-15H,7-10H2,1-2H3,(H,23,26). The molecule has 3 fully saturated rings. The number of carbonyl (C=O) groups is 1. The van der Waals surface area contributed by atoms with Gasteiger partial charge in [0.25, 0.3) is 0 Å². The number of carbonyl (C=O) groups excluding carboxylic acids is 1. The molecule has 0 saturated carbocycles. The Morgan fingerprint density at radius 2 is 2.07 bits per heavy atom. The van der Waals surface area contributed by atoms with Crippen molar-refractivity contribution in [1.29, 1.82) is 0 Å². The molecule has 1 N–H and O–H groups in total. The van der Waals surface area contributed by atoms with Gasteiger partial charge in [0.1, 0.15) is 17.9 Å². The molecule has 2 bridgehead atoms. The minimum absolute atomic E-state index is 0.0587. The van der Waals surface area contributed by atoms with Crippen molar-refractivity contribution in [2.24, 2.45) is 0 Å². The lowest BCUT2D eigenvalue weighted by molar-refractivity contribution is -0.121. The van der Waals surface area contributed by atoms with E-state index >= 15 is 0 Å². The van der Waals surface area contributed by atoms with E-state index < -0.39 is 0 Å². The fourth-order valence-electron chi connectivity index (χ4n) is 3.88. The van der Waals surface area contributed by atoms with Gasteiger partial charge < -0.3 is 15.0 Å². The number of aromatic nitrogens is 2. The molecule has 0 radical (unpaired) electrons. The lowest BCUT2D eigenvalue weighted by atomic mass is 9.87. The van der Waals surface area contributed by atoms with Crippen LogP contribution in [0.3, 0.4) is 0 Å². The Kier molecular flexibility index (Phi) is 4.88. The first-order chi connectivity index (χ1) is 13.0. The van der Waals surface area contributed by atoms with Crippen LogP contribution in [0.2, 0.25) is 5.02 Å². The second kappa shape index (κ2) is 7.32. The van der Waals surface area contributed by atoms with Crippen molar-refractivity contribution in [2.75, 3.05) is 37.0 Å². The lowest BCUT2D eigenvalue weighted by Gasteiger charge is -2.56. The second-order valence-corrected chi connectivity index (χ2v) is 7.47. The summed E-state index contributed by atoms with van der Waals surface area (Å²) in [6, 6.07) is 7.93. The molecule has 1 amide bonds. The van der Waals surface area contributed by atoms with Gasteiger partial charge >= 0.3 is 0 Å². The SMILES string of the molecule is COc1ccc(Cl)cc1NC(=O)CN1C2CC1CN(c1cc(C)ncn1)C2. The second-order valence-electron chi connectivity index (χ2n) is 7.03. The number of hydrogen-bond acceptors (Lipinski definition) is 6. The first-order valence-corrected chi connectivity index (χ1v) is 9.34. The zero-order chi connectivity index (χ0) is 19.0. The third kappa shape index (κ3) is 3.70. The number of methoxy groups -OCH3 is 1. The van der Waals surface area contributed by atoms with Crippen LogP contribution in [0.4, 0.5) is 11.5 Å². The number of piperazine rings is 1. The average Bonchev–Trinajstić information content (AvgIpc) is 2.66. The quantitative estimate of drug-likeness (QED) is 0.849. The molecule has 27 heavy (non-hydrogen) atoms. The van der Waals surface area contributed by atoms with E-state index in [2.05, 4.69) is 25.1 Å². The van der Waals surface area contributed by atoms with Gasteiger partial charge in [-0.05, 0) is 31.5 Å². The van der Waals surface area contributed by atoms with Crippen LogP contribution in [0.5, 0.6) is 5.75 Å². The summed E-state index contributed by atoms with van der Waals surface area (Å²) in [4.78, 5) is 25.6. The Bertz CT molecular complexity index is 850. The third-order valence-electron chi connectivity index (χ3n) is 5.22. The summed E-state index contributed by atoms with van der Waals surface area (Å²) in [6.45, 7) is 4.08. The van der Waals surface area contributed by atoms with E-state index in [0.29, 0.717) is 35.1 Å². The zero-order valence-corrected chi connectivity index (χ0v) is 16.1. The third-order valence-corrected chi connectivity index (χ3v) is 5.45. The molecule has 5 rings (SSSR count). The summed E-state index contributed by atoms with van der Waals surface area (Å²) in [5, 5.41) is 3.47. The van der Waals surface area contributed by atoms with E-state index in [1.165, 1.54) is 0 Å². The number of ether oxygens (including phenoxy) is 1. The molecular formula is C19H22ClN5O2. The maximum Gasteiger partial charge on any atom is 0.238 e.